The van der Waals surface area contributed by atoms with Crippen molar-refractivity contribution >= 4 is 17.3 Å². The topological polar surface area (TPSA) is 35.8 Å². The van der Waals surface area contributed by atoms with Gasteiger partial charge in [-0.15, -0.1) is 0 Å². The molecule has 0 spiro atoms. The fourth-order valence-corrected chi connectivity index (χ4v) is 3.31. The maximum Gasteiger partial charge on any atom is 0.151 e. The third-order valence-electron chi connectivity index (χ3n) is 4.48. The Kier molecular flexibility index (Phi) is 8.85. The Morgan fingerprint density at radius 2 is 2.00 bits per heavy atom. The van der Waals surface area contributed by atoms with Crippen LogP contribution in [0, 0.1) is 23.1 Å². The predicted molar refractivity (Wildman–Crippen MR) is 100 cm³/mol. The fraction of sp³-hybridized carbons (Fsp3) is 0.550. The van der Waals surface area contributed by atoms with E-state index in [0.717, 1.165) is 25.7 Å². The summed E-state index contributed by atoms with van der Waals surface area (Å²) in [6.07, 6.45) is 6.76. The van der Waals surface area contributed by atoms with Gasteiger partial charge in [-0.2, -0.15) is 5.26 Å². The van der Waals surface area contributed by atoms with Crippen LogP contribution >= 0.6 is 11.6 Å². The number of hydrogen-bond donors (Lipinski definition) is 1. The Morgan fingerprint density at radius 3 is 2.54 bits per heavy atom. The molecule has 2 nitrogen and oxygen atoms in total. The summed E-state index contributed by atoms with van der Waals surface area (Å²) in [5.74, 6) is -0.0551. The third kappa shape index (κ3) is 5.24. The van der Waals surface area contributed by atoms with Gasteiger partial charge in [0, 0.05) is 17.3 Å². The highest BCUT2D eigenvalue weighted by Gasteiger charge is 2.21. The first-order valence-electron chi connectivity index (χ1n) is 8.83. The van der Waals surface area contributed by atoms with E-state index in [1.165, 1.54) is 12.8 Å². The normalized spacial score (nSPS) is 13.2. The summed E-state index contributed by atoms with van der Waals surface area (Å²) in [5.41, 5.74) is 0.714. The smallest absolute Gasteiger partial charge is 0.151 e. The number of hydrogen-bond acceptors (Lipinski definition) is 2. The number of nitrogens with zero attached hydrogens (tertiary/aromatic N) is 1. The molecule has 0 aromatic heterocycles. The van der Waals surface area contributed by atoms with Crippen LogP contribution in [-0.4, -0.2) is 6.04 Å². The van der Waals surface area contributed by atoms with Crippen LogP contribution in [0.5, 0.6) is 0 Å². The largest absolute Gasteiger partial charge is 0.382 e. The number of benzene rings is 1. The zero-order valence-electron chi connectivity index (χ0n) is 15.0. The average Bonchev–Trinajstić information content (AvgIpc) is 2.57. The number of nitriles is 1. The molecule has 2 unspecified atom stereocenters. The molecule has 132 valence electrons. The van der Waals surface area contributed by atoms with Gasteiger partial charge in [0.1, 0.15) is 11.6 Å². The van der Waals surface area contributed by atoms with E-state index in [9.17, 15) is 4.39 Å². The van der Waals surface area contributed by atoms with E-state index < -0.39 is 5.82 Å². The molecule has 0 saturated heterocycles. The number of nitrogens with one attached hydrogen (secondary N) is 1. The Balaban J connectivity index is 2.96. The summed E-state index contributed by atoms with van der Waals surface area (Å²) in [6.45, 7) is 10.5. The monoisotopic (exact) mass is 350 g/mol. The quantitative estimate of drug-likeness (QED) is 0.537. The second kappa shape index (κ2) is 10.4. The maximum absolute atomic E-state index is 14.5. The minimum absolute atomic E-state index is 0.124. The Morgan fingerprint density at radius 1 is 1.29 bits per heavy atom. The van der Waals surface area contributed by atoms with Crippen molar-refractivity contribution < 1.29 is 4.39 Å². The first-order chi connectivity index (χ1) is 11.5. The average molecular weight is 351 g/mol. The van der Waals surface area contributed by atoms with Gasteiger partial charge in [-0.05, 0) is 37.3 Å². The van der Waals surface area contributed by atoms with Crippen LogP contribution in [0.2, 0.25) is 5.02 Å². The molecule has 1 aromatic rings. The zero-order chi connectivity index (χ0) is 18.1. The van der Waals surface area contributed by atoms with Crippen molar-refractivity contribution in [2.45, 2.75) is 65.3 Å². The van der Waals surface area contributed by atoms with Gasteiger partial charge in [-0.25, -0.2) is 4.39 Å². The lowest BCUT2D eigenvalue weighted by Crippen LogP contribution is -2.34. The van der Waals surface area contributed by atoms with Crippen LogP contribution in [0.15, 0.2) is 18.7 Å². The minimum Gasteiger partial charge on any atom is -0.382 e. The van der Waals surface area contributed by atoms with E-state index in [0.29, 0.717) is 17.2 Å². The van der Waals surface area contributed by atoms with Crippen LogP contribution in [0.3, 0.4) is 0 Å². The number of halogens is 2. The summed E-state index contributed by atoms with van der Waals surface area (Å²) in [4.78, 5) is 0. The van der Waals surface area contributed by atoms with Gasteiger partial charge in [0.15, 0.2) is 5.82 Å². The molecule has 1 aromatic carbocycles. The van der Waals surface area contributed by atoms with E-state index in [2.05, 4.69) is 32.7 Å². The van der Waals surface area contributed by atoms with E-state index in [-0.39, 0.29) is 16.6 Å². The molecule has 0 amide bonds. The number of unbranched alkanes of at least 4 members (excludes halogenated alkanes) is 1. The molecule has 0 heterocycles. The SMILES string of the molecule is C=C(NC(CC)C(CCC)CCCC)c1ccc(Cl)c(C#N)c1F. The van der Waals surface area contributed by atoms with Crippen molar-refractivity contribution in [2.24, 2.45) is 5.92 Å². The number of rotatable bonds is 10. The molecule has 0 bridgehead atoms. The molecule has 4 heteroatoms. The summed E-state index contributed by atoms with van der Waals surface area (Å²) >= 11 is 5.88. The molecule has 1 rings (SSSR count). The predicted octanol–water partition coefficient (Wildman–Crippen LogP) is 6.30. The molecular weight excluding hydrogens is 323 g/mol. The van der Waals surface area contributed by atoms with Crippen LogP contribution < -0.4 is 5.32 Å². The van der Waals surface area contributed by atoms with Gasteiger partial charge < -0.3 is 5.32 Å². The molecule has 0 saturated carbocycles. The fourth-order valence-electron chi connectivity index (χ4n) is 3.13. The van der Waals surface area contributed by atoms with Crippen molar-refractivity contribution in [3.63, 3.8) is 0 Å². The van der Waals surface area contributed by atoms with Gasteiger partial charge in [-0.1, -0.05) is 58.2 Å². The second-order valence-corrected chi connectivity index (χ2v) is 6.63. The van der Waals surface area contributed by atoms with Gasteiger partial charge in [0.2, 0.25) is 0 Å². The minimum atomic E-state index is -0.599. The first-order valence-corrected chi connectivity index (χ1v) is 9.21. The third-order valence-corrected chi connectivity index (χ3v) is 4.80. The second-order valence-electron chi connectivity index (χ2n) is 6.22. The lowest BCUT2D eigenvalue weighted by molar-refractivity contribution is 0.323. The van der Waals surface area contributed by atoms with Crippen LogP contribution in [0.1, 0.15) is 70.4 Å². The van der Waals surface area contributed by atoms with Crippen LogP contribution in [0.4, 0.5) is 4.39 Å². The molecule has 0 aliphatic heterocycles. The lowest BCUT2D eigenvalue weighted by Gasteiger charge is -2.29. The van der Waals surface area contributed by atoms with E-state index >= 15 is 0 Å². The van der Waals surface area contributed by atoms with Gasteiger partial charge in [-0.3, -0.25) is 0 Å². The molecule has 0 radical (unpaired) electrons. The van der Waals surface area contributed by atoms with Gasteiger partial charge >= 0.3 is 0 Å². The zero-order valence-corrected chi connectivity index (χ0v) is 15.7. The summed E-state index contributed by atoms with van der Waals surface area (Å²) in [5, 5.41) is 12.6. The van der Waals surface area contributed by atoms with Crippen molar-refractivity contribution in [1.29, 1.82) is 5.26 Å². The Labute approximate surface area is 150 Å². The van der Waals surface area contributed by atoms with Crippen molar-refractivity contribution in [3.8, 4) is 6.07 Å². The molecule has 0 aliphatic rings. The molecule has 0 aliphatic carbocycles. The molecular formula is C20H28ClFN2. The molecule has 1 N–H and O–H groups in total. The van der Waals surface area contributed by atoms with E-state index in [1.54, 1.807) is 12.1 Å². The highest BCUT2D eigenvalue weighted by atomic mass is 35.5. The van der Waals surface area contributed by atoms with E-state index in [4.69, 9.17) is 16.9 Å². The first kappa shape index (κ1) is 20.5. The highest BCUT2D eigenvalue weighted by molar-refractivity contribution is 6.31. The van der Waals surface area contributed by atoms with Gasteiger partial charge in [0.25, 0.3) is 0 Å². The summed E-state index contributed by atoms with van der Waals surface area (Å²) < 4.78 is 14.5. The molecule has 2 atom stereocenters. The highest BCUT2D eigenvalue weighted by Crippen LogP contribution is 2.27. The van der Waals surface area contributed by atoms with E-state index in [1.807, 2.05) is 6.07 Å². The molecule has 0 fully saturated rings. The lowest BCUT2D eigenvalue weighted by atomic mass is 9.88. The standard InChI is InChI=1S/C20H28ClFN2/c1-5-8-10-15(9-6-2)19(7-3)24-14(4)16-11-12-18(21)17(13-23)20(16)22/h11-12,15,19,24H,4-10H2,1-3H3. The Hall–Kier alpha value is -1.53. The summed E-state index contributed by atoms with van der Waals surface area (Å²) in [6, 6.07) is 5.21. The Bertz CT molecular complexity index is 592. The van der Waals surface area contributed by atoms with Crippen molar-refractivity contribution in [2.75, 3.05) is 0 Å². The van der Waals surface area contributed by atoms with Gasteiger partial charge in [0.05, 0.1) is 5.02 Å². The van der Waals surface area contributed by atoms with Crippen LogP contribution in [0.25, 0.3) is 5.70 Å². The maximum atomic E-state index is 14.5. The van der Waals surface area contributed by atoms with Crippen molar-refractivity contribution in [3.05, 3.63) is 40.7 Å². The van der Waals surface area contributed by atoms with Crippen molar-refractivity contribution in [1.82, 2.24) is 5.32 Å². The van der Waals surface area contributed by atoms with Crippen LogP contribution in [-0.2, 0) is 0 Å². The summed E-state index contributed by atoms with van der Waals surface area (Å²) in [7, 11) is 0. The molecule has 24 heavy (non-hydrogen) atoms.